The van der Waals surface area contributed by atoms with Crippen LogP contribution in [0.4, 0.5) is 5.69 Å². The average Bonchev–Trinajstić information content (AvgIpc) is 3.23. The summed E-state index contributed by atoms with van der Waals surface area (Å²) in [6, 6.07) is 9.68. The van der Waals surface area contributed by atoms with Crippen LogP contribution in [0.25, 0.3) is 0 Å². The number of ether oxygens (including phenoxy) is 1. The maximum atomic E-state index is 12.6. The van der Waals surface area contributed by atoms with Gasteiger partial charge in [-0.05, 0) is 42.5 Å². The van der Waals surface area contributed by atoms with Crippen LogP contribution < -0.4 is 10.1 Å². The zero-order valence-corrected chi connectivity index (χ0v) is 14.5. The van der Waals surface area contributed by atoms with Crippen molar-refractivity contribution in [3.8, 4) is 5.75 Å². The van der Waals surface area contributed by atoms with E-state index in [4.69, 9.17) is 16.3 Å². The number of benzene rings is 1. The van der Waals surface area contributed by atoms with Crippen molar-refractivity contribution in [3.63, 3.8) is 0 Å². The van der Waals surface area contributed by atoms with Crippen molar-refractivity contribution in [2.24, 2.45) is 0 Å². The standard InChI is InChI=1S/C17H19ClN2O2S/c1-22-15-7-6-12(18)10-13(15)19-11-17(21)20-8-2-4-14(20)16-5-3-9-23-16/h3,5-7,9-10,14,19H,2,4,8,11H2,1H3/t14-/m0/s1. The molecule has 1 saturated heterocycles. The Hall–Kier alpha value is -1.72. The van der Waals surface area contributed by atoms with Gasteiger partial charge in [-0.15, -0.1) is 11.3 Å². The molecular formula is C17H19ClN2O2S. The Balaban J connectivity index is 1.66. The van der Waals surface area contributed by atoms with E-state index in [1.165, 1.54) is 4.88 Å². The third kappa shape index (κ3) is 3.62. The number of thiophene rings is 1. The van der Waals surface area contributed by atoms with Gasteiger partial charge < -0.3 is 15.0 Å². The van der Waals surface area contributed by atoms with Gasteiger partial charge in [0, 0.05) is 16.4 Å². The normalized spacial score (nSPS) is 17.3. The monoisotopic (exact) mass is 350 g/mol. The third-order valence-corrected chi connectivity index (χ3v) is 5.24. The highest BCUT2D eigenvalue weighted by Gasteiger charge is 2.30. The van der Waals surface area contributed by atoms with Crippen LogP contribution in [0.15, 0.2) is 35.7 Å². The van der Waals surface area contributed by atoms with Crippen LogP contribution in [0.1, 0.15) is 23.8 Å². The lowest BCUT2D eigenvalue weighted by Crippen LogP contribution is -2.34. The summed E-state index contributed by atoms with van der Waals surface area (Å²) in [6.45, 7) is 1.05. The molecule has 23 heavy (non-hydrogen) atoms. The number of nitrogens with one attached hydrogen (secondary N) is 1. The molecule has 0 spiro atoms. The summed E-state index contributed by atoms with van der Waals surface area (Å²) in [4.78, 5) is 15.8. The van der Waals surface area contributed by atoms with E-state index in [9.17, 15) is 4.79 Å². The molecule has 1 amide bonds. The molecule has 0 radical (unpaired) electrons. The van der Waals surface area contributed by atoms with Crippen molar-refractivity contribution < 1.29 is 9.53 Å². The van der Waals surface area contributed by atoms with Crippen LogP contribution in [0, 0.1) is 0 Å². The summed E-state index contributed by atoms with van der Waals surface area (Å²) in [6.07, 6.45) is 2.08. The fraction of sp³-hybridized carbons (Fsp3) is 0.353. The molecule has 6 heteroatoms. The molecule has 1 aliphatic rings. The van der Waals surface area contributed by atoms with E-state index in [-0.39, 0.29) is 18.5 Å². The van der Waals surface area contributed by atoms with Crippen molar-refractivity contribution in [2.75, 3.05) is 25.5 Å². The number of halogens is 1. The first kappa shape index (κ1) is 16.1. The molecule has 2 aromatic rings. The lowest BCUT2D eigenvalue weighted by atomic mass is 10.2. The van der Waals surface area contributed by atoms with Gasteiger partial charge in [-0.1, -0.05) is 17.7 Å². The predicted octanol–water partition coefficient (Wildman–Crippen LogP) is 4.19. The van der Waals surface area contributed by atoms with Crippen LogP contribution >= 0.6 is 22.9 Å². The van der Waals surface area contributed by atoms with E-state index in [0.717, 1.165) is 25.1 Å². The molecule has 3 rings (SSSR count). The van der Waals surface area contributed by atoms with Crippen LogP contribution in [0.3, 0.4) is 0 Å². The Morgan fingerprint density at radius 2 is 2.35 bits per heavy atom. The zero-order valence-electron chi connectivity index (χ0n) is 12.9. The molecular weight excluding hydrogens is 332 g/mol. The van der Waals surface area contributed by atoms with Gasteiger partial charge in [0.2, 0.25) is 5.91 Å². The number of rotatable bonds is 5. The molecule has 0 saturated carbocycles. The van der Waals surface area contributed by atoms with Crippen molar-refractivity contribution in [2.45, 2.75) is 18.9 Å². The van der Waals surface area contributed by atoms with Gasteiger partial charge in [0.1, 0.15) is 5.75 Å². The van der Waals surface area contributed by atoms with Crippen molar-refractivity contribution in [3.05, 3.63) is 45.6 Å². The molecule has 0 aliphatic carbocycles. The number of likely N-dealkylation sites (tertiary alicyclic amines) is 1. The van der Waals surface area contributed by atoms with Gasteiger partial charge in [0.25, 0.3) is 0 Å². The number of methoxy groups -OCH3 is 1. The number of hydrogen-bond donors (Lipinski definition) is 1. The highest BCUT2D eigenvalue weighted by Crippen LogP contribution is 2.34. The minimum Gasteiger partial charge on any atom is -0.495 e. The molecule has 1 N–H and O–H groups in total. The van der Waals surface area contributed by atoms with Gasteiger partial charge in [-0.2, -0.15) is 0 Å². The number of anilines is 1. The molecule has 1 aromatic heterocycles. The summed E-state index contributed by atoms with van der Waals surface area (Å²) < 4.78 is 5.29. The number of carbonyl (C=O) groups is 1. The maximum absolute atomic E-state index is 12.6. The predicted molar refractivity (Wildman–Crippen MR) is 94.5 cm³/mol. The fourth-order valence-electron chi connectivity index (χ4n) is 2.93. The van der Waals surface area contributed by atoms with E-state index < -0.39 is 0 Å². The minimum absolute atomic E-state index is 0.0999. The van der Waals surface area contributed by atoms with Crippen LogP contribution in [0.5, 0.6) is 5.75 Å². The first-order valence-electron chi connectivity index (χ1n) is 7.59. The topological polar surface area (TPSA) is 41.6 Å². The highest BCUT2D eigenvalue weighted by atomic mass is 35.5. The zero-order chi connectivity index (χ0) is 16.2. The minimum atomic E-state index is 0.0999. The largest absolute Gasteiger partial charge is 0.495 e. The van der Waals surface area contributed by atoms with E-state index in [1.54, 1.807) is 36.6 Å². The molecule has 1 aromatic carbocycles. The molecule has 0 unspecified atom stereocenters. The summed E-state index contributed by atoms with van der Waals surface area (Å²) in [7, 11) is 1.60. The molecule has 2 heterocycles. The van der Waals surface area contributed by atoms with E-state index in [1.807, 2.05) is 11.0 Å². The highest BCUT2D eigenvalue weighted by molar-refractivity contribution is 7.10. The SMILES string of the molecule is COc1ccc(Cl)cc1NCC(=O)N1CCC[C@H]1c1cccs1. The third-order valence-electron chi connectivity index (χ3n) is 4.04. The Morgan fingerprint density at radius 1 is 1.48 bits per heavy atom. The van der Waals surface area contributed by atoms with E-state index >= 15 is 0 Å². The number of nitrogens with zero attached hydrogens (tertiary/aromatic N) is 1. The second-order valence-corrected chi connectivity index (χ2v) is 6.87. The number of carbonyl (C=O) groups excluding carboxylic acids is 1. The number of hydrogen-bond acceptors (Lipinski definition) is 4. The summed E-state index contributed by atoms with van der Waals surface area (Å²) in [5, 5.41) is 5.82. The second-order valence-electron chi connectivity index (χ2n) is 5.46. The molecule has 1 aliphatic heterocycles. The molecule has 1 atom stereocenters. The summed E-state index contributed by atoms with van der Waals surface area (Å²) in [5.74, 6) is 0.779. The Kier molecular flexibility index (Phi) is 5.08. The van der Waals surface area contributed by atoms with Gasteiger partial charge in [0.15, 0.2) is 0 Å². The van der Waals surface area contributed by atoms with Crippen LogP contribution in [-0.4, -0.2) is 31.0 Å². The summed E-state index contributed by atoms with van der Waals surface area (Å²) in [5.41, 5.74) is 0.736. The van der Waals surface area contributed by atoms with Crippen molar-refractivity contribution in [1.82, 2.24) is 4.90 Å². The Morgan fingerprint density at radius 3 is 3.09 bits per heavy atom. The van der Waals surface area contributed by atoms with Crippen molar-refractivity contribution in [1.29, 1.82) is 0 Å². The first-order valence-corrected chi connectivity index (χ1v) is 8.85. The van der Waals surface area contributed by atoms with Gasteiger partial charge in [-0.3, -0.25) is 4.79 Å². The van der Waals surface area contributed by atoms with Crippen LogP contribution in [-0.2, 0) is 4.79 Å². The number of amides is 1. The quantitative estimate of drug-likeness (QED) is 0.879. The maximum Gasteiger partial charge on any atom is 0.242 e. The van der Waals surface area contributed by atoms with Gasteiger partial charge in [0.05, 0.1) is 25.4 Å². The van der Waals surface area contributed by atoms with Crippen LogP contribution in [0.2, 0.25) is 5.02 Å². The van der Waals surface area contributed by atoms with E-state index in [2.05, 4.69) is 16.8 Å². The van der Waals surface area contributed by atoms with Gasteiger partial charge in [-0.25, -0.2) is 0 Å². The Bertz CT molecular complexity index is 675. The smallest absolute Gasteiger partial charge is 0.242 e. The lowest BCUT2D eigenvalue weighted by Gasteiger charge is -2.24. The second kappa shape index (κ2) is 7.23. The average molecular weight is 351 g/mol. The van der Waals surface area contributed by atoms with Crippen molar-refractivity contribution >= 4 is 34.5 Å². The lowest BCUT2D eigenvalue weighted by molar-refractivity contribution is -0.130. The molecule has 0 bridgehead atoms. The first-order chi connectivity index (χ1) is 11.2. The fourth-order valence-corrected chi connectivity index (χ4v) is 3.98. The molecule has 4 nitrogen and oxygen atoms in total. The van der Waals surface area contributed by atoms with E-state index in [0.29, 0.717) is 10.8 Å². The Labute approximate surface area is 145 Å². The molecule has 122 valence electrons. The summed E-state index contributed by atoms with van der Waals surface area (Å²) >= 11 is 7.73. The van der Waals surface area contributed by atoms with Gasteiger partial charge >= 0.3 is 0 Å². The molecule has 1 fully saturated rings.